The molecule has 9 heavy (non-hydrogen) atoms. The molecule has 1 aliphatic heterocycles. The van der Waals surface area contributed by atoms with Gasteiger partial charge >= 0.3 is 0 Å². The second-order valence-electron chi connectivity index (χ2n) is 2.51. The summed E-state index contributed by atoms with van der Waals surface area (Å²) in [6.45, 7) is 5.09. The van der Waals surface area contributed by atoms with Crippen LogP contribution in [0.2, 0.25) is 0 Å². The van der Waals surface area contributed by atoms with Gasteiger partial charge in [-0.3, -0.25) is 4.90 Å². The van der Waals surface area contributed by atoms with Crippen LogP contribution < -0.4 is 5.73 Å². The predicted molar refractivity (Wildman–Crippen MR) is 39.2 cm³/mol. The highest BCUT2D eigenvalue weighted by molar-refractivity contribution is 4.96. The highest BCUT2D eigenvalue weighted by Gasteiger charge is 2.11. The molecule has 0 spiro atoms. The number of rotatable bonds is 2. The lowest BCUT2D eigenvalue weighted by Crippen LogP contribution is -2.36. The molecule has 0 bridgehead atoms. The van der Waals surface area contributed by atoms with Gasteiger partial charge in [0.25, 0.3) is 0 Å². The van der Waals surface area contributed by atoms with E-state index in [2.05, 4.69) is 24.0 Å². The van der Waals surface area contributed by atoms with Crippen LogP contribution in [-0.2, 0) is 0 Å². The molecule has 1 unspecified atom stereocenters. The Balaban J connectivity index is 2.27. The minimum absolute atomic E-state index is 0.542. The summed E-state index contributed by atoms with van der Waals surface area (Å²) in [6.07, 6.45) is 4.37. The van der Waals surface area contributed by atoms with Crippen molar-refractivity contribution >= 4 is 0 Å². The molecule has 0 fully saturated rings. The van der Waals surface area contributed by atoms with Crippen molar-refractivity contribution in [2.75, 3.05) is 19.6 Å². The summed E-state index contributed by atoms with van der Waals surface area (Å²) in [5.74, 6) is 0. The van der Waals surface area contributed by atoms with E-state index in [0.29, 0.717) is 6.04 Å². The fourth-order valence-corrected chi connectivity index (χ4v) is 1.00. The third-order valence-corrected chi connectivity index (χ3v) is 1.81. The van der Waals surface area contributed by atoms with E-state index in [1.165, 1.54) is 0 Å². The van der Waals surface area contributed by atoms with Crippen LogP contribution in [0.15, 0.2) is 12.2 Å². The zero-order valence-electron chi connectivity index (χ0n) is 5.88. The van der Waals surface area contributed by atoms with Crippen molar-refractivity contribution in [3.05, 3.63) is 12.2 Å². The maximum Gasteiger partial charge on any atom is 0.0196 e. The van der Waals surface area contributed by atoms with Crippen LogP contribution in [0.5, 0.6) is 0 Å². The average molecular weight is 126 g/mol. The first-order valence-electron chi connectivity index (χ1n) is 3.43. The summed E-state index contributed by atoms with van der Waals surface area (Å²) in [4.78, 5) is 2.35. The van der Waals surface area contributed by atoms with Crippen molar-refractivity contribution in [1.29, 1.82) is 0 Å². The van der Waals surface area contributed by atoms with Crippen molar-refractivity contribution in [3.63, 3.8) is 0 Å². The Kier molecular flexibility index (Phi) is 2.25. The normalized spacial score (nSPS) is 22.9. The highest BCUT2D eigenvalue weighted by atomic mass is 15.2. The van der Waals surface area contributed by atoms with E-state index in [9.17, 15) is 0 Å². The number of hydrogen-bond acceptors (Lipinski definition) is 2. The summed E-state index contributed by atoms with van der Waals surface area (Å²) >= 11 is 0. The molecule has 2 N–H and O–H groups in total. The van der Waals surface area contributed by atoms with E-state index >= 15 is 0 Å². The molecule has 0 saturated carbocycles. The van der Waals surface area contributed by atoms with Gasteiger partial charge in [-0.2, -0.15) is 0 Å². The molecule has 52 valence electrons. The fourth-order valence-electron chi connectivity index (χ4n) is 1.00. The van der Waals surface area contributed by atoms with Gasteiger partial charge in [0, 0.05) is 25.7 Å². The molecule has 0 radical (unpaired) electrons. The third kappa shape index (κ3) is 1.53. The smallest absolute Gasteiger partial charge is 0.0196 e. The van der Waals surface area contributed by atoms with Crippen LogP contribution in [0.1, 0.15) is 6.92 Å². The van der Waals surface area contributed by atoms with Crippen LogP contribution in [0.25, 0.3) is 0 Å². The first-order chi connectivity index (χ1) is 4.34. The van der Waals surface area contributed by atoms with Gasteiger partial charge in [0.15, 0.2) is 0 Å². The largest absolute Gasteiger partial charge is 0.329 e. The van der Waals surface area contributed by atoms with Crippen molar-refractivity contribution < 1.29 is 0 Å². The maximum absolute atomic E-state index is 5.48. The van der Waals surface area contributed by atoms with E-state index in [1.54, 1.807) is 0 Å². The standard InChI is InChI=1S/C7H14N2/c1-7(6-8)9-4-2-3-5-9/h2-3,7H,4-6,8H2,1H3. The summed E-state index contributed by atoms with van der Waals surface area (Å²) in [5, 5.41) is 0. The predicted octanol–water partition coefficient (Wildman–Crippen LogP) is 0.205. The lowest BCUT2D eigenvalue weighted by molar-refractivity contribution is 0.275. The molecule has 1 rings (SSSR count). The molecule has 2 heteroatoms. The van der Waals surface area contributed by atoms with Crippen LogP contribution >= 0.6 is 0 Å². The monoisotopic (exact) mass is 126 g/mol. The Labute approximate surface area is 56.3 Å². The van der Waals surface area contributed by atoms with Gasteiger partial charge in [-0.25, -0.2) is 0 Å². The van der Waals surface area contributed by atoms with Crippen molar-refractivity contribution in [2.24, 2.45) is 5.73 Å². The van der Waals surface area contributed by atoms with Crippen molar-refractivity contribution in [1.82, 2.24) is 4.90 Å². The average Bonchev–Trinajstić information content (AvgIpc) is 2.37. The van der Waals surface area contributed by atoms with Gasteiger partial charge in [0.2, 0.25) is 0 Å². The van der Waals surface area contributed by atoms with Crippen LogP contribution in [-0.4, -0.2) is 30.6 Å². The van der Waals surface area contributed by atoms with Gasteiger partial charge < -0.3 is 5.73 Å². The number of hydrogen-bond donors (Lipinski definition) is 1. The van der Waals surface area contributed by atoms with E-state index in [1.807, 2.05) is 0 Å². The van der Waals surface area contributed by atoms with Gasteiger partial charge in [-0.05, 0) is 6.92 Å². The summed E-state index contributed by atoms with van der Waals surface area (Å²) in [5.41, 5.74) is 5.48. The summed E-state index contributed by atoms with van der Waals surface area (Å²) in [6, 6.07) is 0.542. The lowest BCUT2D eigenvalue weighted by atomic mass is 10.3. The molecule has 1 aliphatic rings. The molecule has 0 amide bonds. The van der Waals surface area contributed by atoms with Crippen molar-refractivity contribution in [2.45, 2.75) is 13.0 Å². The minimum atomic E-state index is 0.542. The molecule has 0 aromatic rings. The number of nitrogens with two attached hydrogens (primary N) is 1. The van der Waals surface area contributed by atoms with E-state index in [0.717, 1.165) is 19.6 Å². The molecule has 0 saturated heterocycles. The molecular weight excluding hydrogens is 112 g/mol. The molecule has 1 atom stereocenters. The third-order valence-electron chi connectivity index (χ3n) is 1.81. The van der Waals surface area contributed by atoms with Gasteiger partial charge in [0.1, 0.15) is 0 Å². The molecule has 0 aromatic carbocycles. The first kappa shape index (κ1) is 6.78. The quantitative estimate of drug-likeness (QED) is 0.536. The van der Waals surface area contributed by atoms with Crippen LogP contribution in [0, 0.1) is 0 Å². The summed E-state index contributed by atoms with van der Waals surface area (Å²) < 4.78 is 0. The maximum atomic E-state index is 5.48. The SMILES string of the molecule is CC(CN)N1CC=CC1. The Morgan fingerprint density at radius 1 is 1.56 bits per heavy atom. The van der Waals surface area contributed by atoms with Gasteiger partial charge in [-0.15, -0.1) is 0 Å². The fraction of sp³-hybridized carbons (Fsp3) is 0.714. The van der Waals surface area contributed by atoms with E-state index < -0.39 is 0 Å². The van der Waals surface area contributed by atoms with Gasteiger partial charge in [-0.1, -0.05) is 12.2 Å². The Morgan fingerprint density at radius 3 is 2.56 bits per heavy atom. The zero-order chi connectivity index (χ0) is 6.69. The van der Waals surface area contributed by atoms with Crippen LogP contribution in [0.3, 0.4) is 0 Å². The summed E-state index contributed by atoms with van der Waals surface area (Å²) in [7, 11) is 0. The lowest BCUT2D eigenvalue weighted by Gasteiger charge is -2.21. The Hall–Kier alpha value is -0.340. The van der Waals surface area contributed by atoms with E-state index in [-0.39, 0.29) is 0 Å². The number of nitrogens with zero attached hydrogens (tertiary/aromatic N) is 1. The van der Waals surface area contributed by atoms with Crippen molar-refractivity contribution in [3.8, 4) is 0 Å². The minimum Gasteiger partial charge on any atom is -0.329 e. The zero-order valence-corrected chi connectivity index (χ0v) is 5.88. The molecular formula is C7H14N2. The van der Waals surface area contributed by atoms with E-state index in [4.69, 9.17) is 5.73 Å². The molecule has 1 heterocycles. The second-order valence-corrected chi connectivity index (χ2v) is 2.51. The molecule has 0 aliphatic carbocycles. The second kappa shape index (κ2) is 2.99. The highest BCUT2D eigenvalue weighted by Crippen LogP contribution is 2.02. The van der Waals surface area contributed by atoms with Gasteiger partial charge in [0.05, 0.1) is 0 Å². The van der Waals surface area contributed by atoms with Crippen LogP contribution in [0.4, 0.5) is 0 Å². The Morgan fingerprint density at radius 2 is 2.11 bits per heavy atom. The topological polar surface area (TPSA) is 29.3 Å². The molecule has 0 aromatic heterocycles. The Bertz CT molecular complexity index is 101. The first-order valence-corrected chi connectivity index (χ1v) is 3.43. The molecule has 2 nitrogen and oxygen atoms in total.